The van der Waals surface area contributed by atoms with Crippen LogP contribution in [0.4, 0.5) is 0 Å². The van der Waals surface area contributed by atoms with Gasteiger partial charge in [-0.3, -0.25) is 4.79 Å². The lowest BCUT2D eigenvalue weighted by Gasteiger charge is -2.33. The van der Waals surface area contributed by atoms with E-state index in [2.05, 4.69) is 5.32 Å². The van der Waals surface area contributed by atoms with Crippen molar-refractivity contribution in [3.63, 3.8) is 0 Å². The average Bonchev–Trinajstić information content (AvgIpc) is 2.59. The molecule has 2 bridgehead atoms. The number of nitrogens with one attached hydrogen (secondary N) is 1. The molecule has 0 radical (unpaired) electrons. The summed E-state index contributed by atoms with van der Waals surface area (Å²) < 4.78 is 5.43. The summed E-state index contributed by atoms with van der Waals surface area (Å²) in [6.45, 7) is 3.74. The number of nitrogens with zero attached hydrogens (tertiary/aromatic N) is 1. The molecule has 1 N–H and O–H groups in total. The zero-order valence-corrected chi connectivity index (χ0v) is 9.69. The maximum absolute atomic E-state index is 11.8. The SMILES string of the molecule is CC(CN(C)C)OC(=O)C1C2CNC1C2. The first-order chi connectivity index (χ1) is 7.08. The first-order valence-electron chi connectivity index (χ1n) is 5.66. The van der Waals surface area contributed by atoms with Gasteiger partial charge in [0.15, 0.2) is 0 Å². The second-order valence-corrected chi connectivity index (χ2v) is 5.05. The number of ether oxygens (including phenoxy) is 1. The summed E-state index contributed by atoms with van der Waals surface area (Å²) in [6.07, 6.45) is 1.15. The molecule has 86 valence electrons. The third-order valence-corrected chi connectivity index (χ3v) is 3.35. The maximum atomic E-state index is 11.8. The van der Waals surface area contributed by atoms with Crippen LogP contribution < -0.4 is 5.32 Å². The Morgan fingerprint density at radius 2 is 2.33 bits per heavy atom. The Morgan fingerprint density at radius 1 is 1.60 bits per heavy atom. The maximum Gasteiger partial charge on any atom is 0.311 e. The van der Waals surface area contributed by atoms with E-state index in [-0.39, 0.29) is 18.0 Å². The monoisotopic (exact) mass is 212 g/mol. The molecule has 2 saturated heterocycles. The average molecular weight is 212 g/mol. The fourth-order valence-corrected chi connectivity index (χ4v) is 2.66. The molecule has 3 fully saturated rings. The second-order valence-electron chi connectivity index (χ2n) is 5.05. The molecule has 2 aliphatic heterocycles. The molecule has 0 spiro atoms. The van der Waals surface area contributed by atoms with Gasteiger partial charge >= 0.3 is 5.97 Å². The summed E-state index contributed by atoms with van der Waals surface area (Å²) in [6, 6.07) is 0.397. The Hall–Kier alpha value is -0.610. The minimum absolute atomic E-state index is 0.00407. The highest BCUT2D eigenvalue weighted by atomic mass is 16.5. The van der Waals surface area contributed by atoms with Crippen LogP contribution >= 0.6 is 0 Å². The standard InChI is InChI=1S/C11H20N2O2/c1-7(6-13(2)3)15-11(14)10-8-4-9(10)12-5-8/h7-10,12H,4-6H2,1-3H3. The number of carbonyl (C=O) groups is 1. The van der Waals surface area contributed by atoms with Gasteiger partial charge in [0.2, 0.25) is 0 Å². The van der Waals surface area contributed by atoms with Gasteiger partial charge in [0.1, 0.15) is 6.10 Å². The molecular weight excluding hydrogens is 192 g/mol. The fourth-order valence-electron chi connectivity index (χ4n) is 2.66. The smallest absolute Gasteiger partial charge is 0.311 e. The van der Waals surface area contributed by atoms with E-state index in [1.807, 2.05) is 25.9 Å². The molecule has 4 heteroatoms. The van der Waals surface area contributed by atoms with Gasteiger partial charge < -0.3 is 15.0 Å². The third-order valence-electron chi connectivity index (χ3n) is 3.35. The molecule has 0 aromatic carbocycles. The van der Waals surface area contributed by atoms with Crippen molar-refractivity contribution in [3.05, 3.63) is 0 Å². The van der Waals surface area contributed by atoms with Crippen molar-refractivity contribution in [3.8, 4) is 0 Å². The highest BCUT2D eigenvalue weighted by Gasteiger charge is 2.51. The van der Waals surface area contributed by atoms with Crippen LogP contribution in [0, 0.1) is 11.8 Å². The second kappa shape index (κ2) is 4.10. The van der Waals surface area contributed by atoms with Crippen LogP contribution in [0.3, 0.4) is 0 Å². The van der Waals surface area contributed by atoms with Gasteiger partial charge in [-0.05, 0) is 39.9 Å². The summed E-state index contributed by atoms with van der Waals surface area (Å²) in [4.78, 5) is 13.8. The van der Waals surface area contributed by atoms with E-state index in [1.54, 1.807) is 0 Å². The number of fused-ring (bicyclic) bond motifs is 1. The van der Waals surface area contributed by atoms with Crippen molar-refractivity contribution < 1.29 is 9.53 Å². The van der Waals surface area contributed by atoms with E-state index in [9.17, 15) is 4.79 Å². The number of hydrogen-bond acceptors (Lipinski definition) is 4. The molecule has 0 amide bonds. The molecule has 4 unspecified atom stereocenters. The molecule has 4 nitrogen and oxygen atoms in total. The minimum Gasteiger partial charge on any atom is -0.461 e. The van der Waals surface area contributed by atoms with E-state index >= 15 is 0 Å². The zero-order chi connectivity index (χ0) is 11.0. The number of hydrogen-bond donors (Lipinski definition) is 1. The summed E-state index contributed by atoms with van der Waals surface area (Å²) in [5.74, 6) is 0.666. The predicted molar refractivity (Wildman–Crippen MR) is 57.5 cm³/mol. The lowest BCUT2D eigenvalue weighted by molar-refractivity contribution is -0.158. The van der Waals surface area contributed by atoms with E-state index in [0.29, 0.717) is 12.0 Å². The van der Waals surface area contributed by atoms with Gasteiger partial charge in [0.25, 0.3) is 0 Å². The van der Waals surface area contributed by atoms with Gasteiger partial charge in [-0.15, -0.1) is 0 Å². The zero-order valence-electron chi connectivity index (χ0n) is 9.69. The first-order valence-corrected chi connectivity index (χ1v) is 5.66. The van der Waals surface area contributed by atoms with Gasteiger partial charge in [-0.2, -0.15) is 0 Å². The summed E-state index contributed by atoms with van der Waals surface area (Å²) in [7, 11) is 3.97. The van der Waals surface area contributed by atoms with Crippen molar-refractivity contribution in [1.29, 1.82) is 0 Å². The Morgan fingerprint density at radius 3 is 2.80 bits per heavy atom. The molecular formula is C11H20N2O2. The van der Waals surface area contributed by atoms with Crippen molar-refractivity contribution in [2.75, 3.05) is 27.2 Å². The van der Waals surface area contributed by atoms with Crippen molar-refractivity contribution >= 4 is 5.97 Å². The highest BCUT2D eigenvalue weighted by Crippen LogP contribution is 2.40. The van der Waals surface area contributed by atoms with Crippen molar-refractivity contribution in [1.82, 2.24) is 10.2 Å². The summed E-state index contributed by atoms with van der Waals surface area (Å²) in [5.41, 5.74) is 0. The Labute approximate surface area is 91.0 Å². The van der Waals surface area contributed by atoms with E-state index in [0.717, 1.165) is 19.5 Å². The molecule has 0 aromatic rings. The molecule has 15 heavy (non-hydrogen) atoms. The minimum atomic E-state index is -0.00694. The molecule has 3 aliphatic rings. The number of likely N-dealkylation sites (N-methyl/N-ethyl adjacent to an activating group) is 1. The van der Waals surface area contributed by atoms with Crippen LogP contribution in [0.1, 0.15) is 13.3 Å². The number of esters is 1. The largest absolute Gasteiger partial charge is 0.461 e. The van der Waals surface area contributed by atoms with Crippen LogP contribution in [0.2, 0.25) is 0 Å². The van der Waals surface area contributed by atoms with Crippen LogP contribution in [0.25, 0.3) is 0 Å². The first kappa shape index (κ1) is 10.9. The van der Waals surface area contributed by atoms with E-state index in [1.165, 1.54) is 0 Å². The molecule has 2 heterocycles. The number of carbonyl (C=O) groups excluding carboxylic acids is 1. The topological polar surface area (TPSA) is 41.6 Å². The molecule has 0 aromatic heterocycles. The van der Waals surface area contributed by atoms with Crippen molar-refractivity contribution in [2.24, 2.45) is 11.8 Å². The summed E-state index contributed by atoms with van der Waals surface area (Å²) >= 11 is 0. The quantitative estimate of drug-likeness (QED) is 0.671. The van der Waals surface area contributed by atoms with E-state index in [4.69, 9.17) is 4.74 Å². The fraction of sp³-hybridized carbons (Fsp3) is 0.909. The van der Waals surface area contributed by atoms with Gasteiger partial charge in [0.05, 0.1) is 5.92 Å². The lowest BCUT2D eigenvalue weighted by Crippen LogP contribution is -2.44. The Bertz CT molecular complexity index is 241. The molecule has 1 saturated carbocycles. The van der Waals surface area contributed by atoms with Crippen LogP contribution in [0.15, 0.2) is 0 Å². The van der Waals surface area contributed by atoms with Crippen LogP contribution in [-0.2, 0) is 9.53 Å². The van der Waals surface area contributed by atoms with Crippen LogP contribution in [0.5, 0.6) is 0 Å². The van der Waals surface area contributed by atoms with Gasteiger partial charge in [-0.1, -0.05) is 0 Å². The Balaban J connectivity index is 1.77. The summed E-state index contributed by atoms with van der Waals surface area (Å²) in [5, 5.41) is 3.33. The lowest BCUT2D eigenvalue weighted by atomic mass is 9.74. The molecule has 4 atom stereocenters. The molecule has 3 rings (SSSR count). The van der Waals surface area contributed by atoms with E-state index < -0.39 is 0 Å². The van der Waals surface area contributed by atoms with Crippen molar-refractivity contribution in [2.45, 2.75) is 25.5 Å². The normalized spacial score (nSPS) is 35.1. The van der Waals surface area contributed by atoms with Crippen LogP contribution in [-0.4, -0.2) is 50.2 Å². The van der Waals surface area contributed by atoms with Gasteiger partial charge in [-0.25, -0.2) is 0 Å². The highest BCUT2D eigenvalue weighted by molar-refractivity contribution is 5.75. The predicted octanol–water partition coefficient (Wildman–Crippen LogP) is 0.0876. The number of rotatable bonds is 4. The van der Waals surface area contributed by atoms with Gasteiger partial charge in [0, 0.05) is 12.6 Å². The molecule has 1 aliphatic carbocycles. The third kappa shape index (κ3) is 2.16. The Kier molecular flexibility index (Phi) is 2.98.